The molecule has 0 aliphatic rings. The maximum absolute atomic E-state index is 2.43. The summed E-state index contributed by atoms with van der Waals surface area (Å²) in [4.78, 5) is 0. The molecule has 0 saturated carbocycles. The molecule has 250 valence electrons. The minimum absolute atomic E-state index is 1.21. The largest absolute Gasteiger partial charge is 0.0622 e. The fraction of sp³-hybridized carbons (Fsp3) is 0. The Kier molecular flexibility index (Phi) is 6.97. The predicted octanol–water partition coefficient (Wildman–Crippen LogP) is 15.3. The van der Waals surface area contributed by atoms with E-state index in [1.165, 1.54) is 109 Å². The highest BCUT2D eigenvalue weighted by Crippen LogP contribution is 2.51. The van der Waals surface area contributed by atoms with Gasteiger partial charge in [-0.15, -0.1) is 0 Å². The Hall–Kier alpha value is -7.02. The molecule has 0 aromatic heterocycles. The molecule has 0 radical (unpaired) electrons. The molecule has 0 bridgehead atoms. The van der Waals surface area contributed by atoms with Gasteiger partial charge < -0.3 is 0 Å². The van der Waals surface area contributed by atoms with Gasteiger partial charge in [0.1, 0.15) is 0 Å². The van der Waals surface area contributed by atoms with Gasteiger partial charge in [0.05, 0.1) is 0 Å². The minimum atomic E-state index is 1.21. The third-order valence-corrected chi connectivity index (χ3v) is 11.4. The molecule has 0 heteroatoms. The summed E-state index contributed by atoms with van der Waals surface area (Å²) in [7, 11) is 0. The van der Waals surface area contributed by atoms with E-state index >= 15 is 0 Å². The molecule has 11 aromatic carbocycles. The number of rotatable bonds is 4. The molecule has 0 unspecified atom stereocenters. The van der Waals surface area contributed by atoms with Crippen molar-refractivity contribution in [1.82, 2.24) is 0 Å². The highest BCUT2D eigenvalue weighted by Gasteiger charge is 2.23. The average Bonchev–Trinajstić information content (AvgIpc) is 3.25. The van der Waals surface area contributed by atoms with Crippen LogP contribution in [0.4, 0.5) is 0 Å². The van der Waals surface area contributed by atoms with E-state index < -0.39 is 0 Å². The highest BCUT2D eigenvalue weighted by molar-refractivity contribution is 6.37. The molecule has 0 fully saturated rings. The van der Waals surface area contributed by atoms with Crippen LogP contribution in [0.5, 0.6) is 0 Å². The van der Waals surface area contributed by atoms with Gasteiger partial charge in [-0.25, -0.2) is 0 Å². The molecule has 11 aromatic rings. The van der Waals surface area contributed by atoms with Crippen molar-refractivity contribution in [2.75, 3.05) is 0 Å². The van der Waals surface area contributed by atoms with Gasteiger partial charge in [0.15, 0.2) is 0 Å². The van der Waals surface area contributed by atoms with Crippen molar-refractivity contribution < 1.29 is 0 Å². The quantitative estimate of drug-likeness (QED) is 0.128. The Morgan fingerprint density at radius 2 is 0.648 bits per heavy atom. The summed E-state index contributed by atoms with van der Waals surface area (Å²) in [6.07, 6.45) is 0. The van der Waals surface area contributed by atoms with Gasteiger partial charge in [-0.1, -0.05) is 182 Å². The molecule has 0 saturated heterocycles. The summed E-state index contributed by atoms with van der Waals surface area (Å²) in [6, 6.07) is 76.3. The van der Waals surface area contributed by atoms with Crippen molar-refractivity contribution in [1.29, 1.82) is 0 Å². The van der Waals surface area contributed by atoms with Gasteiger partial charge in [0.25, 0.3) is 0 Å². The van der Waals surface area contributed by atoms with Crippen LogP contribution in [0.25, 0.3) is 109 Å². The molecule has 0 aliphatic heterocycles. The minimum Gasteiger partial charge on any atom is -0.0622 e. The lowest BCUT2D eigenvalue weighted by Gasteiger charge is -2.23. The number of fused-ring (bicyclic) bond motifs is 9. The fourth-order valence-electron chi connectivity index (χ4n) is 8.96. The van der Waals surface area contributed by atoms with Gasteiger partial charge in [0.2, 0.25) is 0 Å². The molecule has 0 heterocycles. The molecule has 0 spiro atoms. The van der Waals surface area contributed by atoms with Crippen molar-refractivity contribution >= 4 is 64.6 Å². The van der Waals surface area contributed by atoms with Gasteiger partial charge in [-0.2, -0.15) is 0 Å². The first-order valence-electron chi connectivity index (χ1n) is 18.8. The monoisotopic (exact) mass is 682 g/mol. The van der Waals surface area contributed by atoms with E-state index in [9.17, 15) is 0 Å². The van der Waals surface area contributed by atoms with Crippen LogP contribution in [0.2, 0.25) is 0 Å². The molecule has 0 aliphatic carbocycles. The molecular weight excluding hydrogens is 649 g/mol. The number of hydrogen-bond acceptors (Lipinski definition) is 0. The maximum Gasteiger partial charge on any atom is -0.000741 e. The van der Waals surface area contributed by atoms with Crippen molar-refractivity contribution in [3.05, 3.63) is 206 Å². The molecule has 0 nitrogen and oxygen atoms in total. The molecule has 11 rings (SSSR count). The lowest BCUT2D eigenvalue weighted by atomic mass is 9.79. The number of hydrogen-bond donors (Lipinski definition) is 0. The fourth-order valence-corrected chi connectivity index (χ4v) is 8.96. The molecule has 54 heavy (non-hydrogen) atoms. The second kappa shape index (κ2) is 12.3. The van der Waals surface area contributed by atoms with Crippen LogP contribution in [-0.2, 0) is 0 Å². The first-order chi connectivity index (χ1) is 26.8. The smallest absolute Gasteiger partial charge is 0.000741 e. The van der Waals surface area contributed by atoms with Crippen molar-refractivity contribution in [3.63, 3.8) is 0 Å². The summed E-state index contributed by atoms with van der Waals surface area (Å²) < 4.78 is 0. The van der Waals surface area contributed by atoms with Gasteiger partial charge in [0, 0.05) is 0 Å². The van der Waals surface area contributed by atoms with E-state index in [1.54, 1.807) is 0 Å². The van der Waals surface area contributed by atoms with Crippen LogP contribution in [0.15, 0.2) is 206 Å². The average molecular weight is 683 g/mol. The Labute approximate surface area is 314 Å². The molecule has 0 amide bonds. The van der Waals surface area contributed by atoms with E-state index in [0.29, 0.717) is 0 Å². The summed E-state index contributed by atoms with van der Waals surface area (Å²) in [5.41, 5.74) is 9.91. The first kappa shape index (κ1) is 30.6. The number of benzene rings is 11. The van der Waals surface area contributed by atoms with E-state index in [4.69, 9.17) is 0 Å². The van der Waals surface area contributed by atoms with E-state index in [1.807, 2.05) is 0 Å². The summed E-state index contributed by atoms with van der Waals surface area (Å²) in [5, 5.41) is 15.2. The zero-order valence-corrected chi connectivity index (χ0v) is 29.6. The predicted molar refractivity (Wildman–Crippen MR) is 233 cm³/mol. The van der Waals surface area contributed by atoms with E-state index in [2.05, 4.69) is 206 Å². The van der Waals surface area contributed by atoms with Crippen LogP contribution >= 0.6 is 0 Å². The molecule has 0 N–H and O–H groups in total. The van der Waals surface area contributed by atoms with E-state index in [-0.39, 0.29) is 0 Å². The van der Waals surface area contributed by atoms with Gasteiger partial charge in [-0.3, -0.25) is 0 Å². The zero-order chi connectivity index (χ0) is 35.6. The van der Waals surface area contributed by atoms with Gasteiger partial charge >= 0.3 is 0 Å². The molecular formula is C54H34. The Bertz CT molecular complexity index is 3260. The Morgan fingerprint density at radius 3 is 1.31 bits per heavy atom. The third kappa shape index (κ3) is 4.78. The van der Waals surface area contributed by atoms with Crippen LogP contribution in [-0.4, -0.2) is 0 Å². The topological polar surface area (TPSA) is 0 Å². The lowest BCUT2D eigenvalue weighted by Crippen LogP contribution is -1.95. The van der Waals surface area contributed by atoms with Crippen LogP contribution in [0, 0.1) is 0 Å². The van der Waals surface area contributed by atoms with E-state index in [0.717, 1.165) is 0 Å². The van der Waals surface area contributed by atoms with Crippen molar-refractivity contribution in [3.8, 4) is 44.5 Å². The molecule has 0 atom stereocenters. The maximum atomic E-state index is 2.43. The first-order valence-corrected chi connectivity index (χ1v) is 18.8. The zero-order valence-electron chi connectivity index (χ0n) is 29.6. The lowest BCUT2D eigenvalue weighted by molar-refractivity contribution is 1.62. The summed E-state index contributed by atoms with van der Waals surface area (Å²) >= 11 is 0. The summed E-state index contributed by atoms with van der Waals surface area (Å²) in [6.45, 7) is 0. The van der Waals surface area contributed by atoms with Crippen molar-refractivity contribution in [2.45, 2.75) is 0 Å². The second-order valence-corrected chi connectivity index (χ2v) is 14.4. The van der Waals surface area contributed by atoms with Crippen LogP contribution in [0.1, 0.15) is 0 Å². The Morgan fingerprint density at radius 1 is 0.204 bits per heavy atom. The highest BCUT2D eigenvalue weighted by atomic mass is 14.3. The SMILES string of the molecule is c1ccc(-c2cc3ccccc3cc2-c2c3ccccc3c(-c3cccc(-c4ccc5ccccc5c4)c3)c3c4ccccc4c4ccccc4c23)cc1. The van der Waals surface area contributed by atoms with Crippen LogP contribution in [0.3, 0.4) is 0 Å². The normalized spacial score (nSPS) is 11.7. The van der Waals surface area contributed by atoms with Crippen LogP contribution < -0.4 is 0 Å². The van der Waals surface area contributed by atoms with Gasteiger partial charge in [-0.05, 0) is 133 Å². The third-order valence-electron chi connectivity index (χ3n) is 11.4. The second-order valence-electron chi connectivity index (χ2n) is 14.4. The Balaban J connectivity index is 1.33. The summed E-state index contributed by atoms with van der Waals surface area (Å²) in [5.74, 6) is 0. The van der Waals surface area contributed by atoms with Crippen molar-refractivity contribution in [2.24, 2.45) is 0 Å². The standard InChI is InChI=1S/C54H34/c1-2-16-36(17-3-1)49-33-39-19-6-7-20-40(39)34-50(49)52-48-28-13-12-27-47(48)51(53-45-25-10-8-23-43(45)44-24-9-11-26-46(44)54(52)53)42-22-14-21-38(32-42)41-30-29-35-15-4-5-18-37(35)31-41/h1-34H.